The summed E-state index contributed by atoms with van der Waals surface area (Å²) in [7, 11) is 0. The number of ether oxygens (including phenoxy) is 1. The number of hydrogen-bond donors (Lipinski definition) is 2. The number of hydrogen-bond acceptors (Lipinski definition) is 3. The van der Waals surface area contributed by atoms with Gasteiger partial charge in [-0.25, -0.2) is 4.79 Å². The maximum Gasteiger partial charge on any atom is 0.407 e. The molecule has 4 heteroatoms. The van der Waals surface area contributed by atoms with E-state index in [0.717, 1.165) is 25.7 Å². The van der Waals surface area contributed by atoms with Crippen LogP contribution in [0.3, 0.4) is 0 Å². The summed E-state index contributed by atoms with van der Waals surface area (Å²) < 4.78 is 5.41. The molecule has 1 fully saturated rings. The van der Waals surface area contributed by atoms with Gasteiger partial charge in [0.2, 0.25) is 0 Å². The van der Waals surface area contributed by atoms with E-state index in [4.69, 9.17) is 4.74 Å². The van der Waals surface area contributed by atoms with Crippen molar-refractivity contribution >= 4 is 6.09 Å². The average Bonchev–Trinajstić information content (AvgIpc) is 2.43. The average molecular weight is 328 g/mol. The number of nitrogens with one attached hydrogen (secondary N) is 1. The van der Waals surface area contributed by atoms with Crippen LogP contribution in [0.4, 0.5) is 4.79 Å². The second-order valence-electron chi connectivity index (χ2n) is 8.51. The number of aliphatic hydroxyl groups excluding tert-OH is 1. The maximum atomic E-state index is 12.1. The zero-order valence-electron chi connectivity index (χ0n) is 15.7. The van der Waals surface area contributed by atoms with E-state index in [2.05, 4.69) is 19.2 Å². The first-order valence-electron chi connectivity index (χ1n) is 9.35. The summed E-state index contributed by atoms with van der Waals surface area (Å²) >= 11 is 0. The Labute approximate surface area is 142 Å². The van der Waals surface area contributed by atoms with Crippen LogP contribution < -0.4 is 5.32 Å². The minimum Gasteiger partial charge on any atom is -0.444 e. The van der Waals surface area contributed by atoms with Crippen molar-refractivity contribution in [3.8, 4) is 0 Å². The quantitative estimate of drug-likeness (QED) is 0.715. The molecular formula is C19H37NO3. The lowest BCUT2D eigenvalue weighted by Gasteiger charge is -2.33. The molecule has 2 atom stereocenters. The SMILES string of the molecule is CC(C)CC[C@H](O)C[C@H](NC(=O)OC(C)(C)C)C1CCCCC1. The highest BCUT2D eigenvalue weighted by atomic mass is 16.6. The number of rotatable bonds is 7. The zero-order chi connectivity index (χ0) is 17.5. The Morgan fingerprint density at radius 3 is 2.30 bits per heavy atom. The minimum absolute atomic E-state index is 0.0207. The fraction of sp³-hybridized carbons (Fsp3) is 0.947. The third-order valence-corrected chi connectivity index (χ3v) is 4.52. The van der Waals surface area contributed by atoms with Gasteiger partial charge in [-0.2, -0.15) is 0 Å². The first-order chi connectivity index (χ1) is 10.7. The Kier molecular flexibility index (Phi) is 8.38. The first kappa shape index (κ1) is 20.3. The lowest BCUT2D eigenvalue weighted by Crippen LogP contribution is -2.45. The van der Waals surface area contributed by atoms with Gasteiger partial charge in [0.15, 0.2) is 0 Å². The van der Waals surface area contributed by atoms with Crippen molar-refractivity contribution in [2.75, 3.05) is 0 Å². The van der Waals surface area contributed by atoms with Crippen LogP contribution in [0.1, 0.15) is 86.0 Å². The molecule has 0 radical (unpaired) electrons. The highest BCUT2D eigenvalue weighted by Gasteiger charge is 2.28. The van der Waals surface area contributed by atoms with Crippen molar-refractivity contribution < 1.29 is 14.6 Å². The summed E-state index contributed by atoms with van der Waals surface area (Å²) in [5, 5.41) is 13.4. The fourth-order valence-electron chi connectivity index (χ4n) is 3.30. The third-order valence-electron chi connectivity index (χ3n) is 4.52. The van der Waals surface area contributed by atoms with Crippen LogP contribution in [0.25, 0.3) is 0 Å². The highest BCUT2D eigenvalue weighted by Crippen LogP contribution is 2.29. The van der Waals surface area contributed by atoms with Crippen LogP contribution in [-0.4, -0.2) is 28.9 Å². The van der Waals surface area contributed by atoms with Crippen LogP contribution in [0.15, 0.2) is 0 Å². The summed E-state index contributed by atoms with van der Waals surface area (Å²) in [5.74, 6) is 1.06. The molecule has 1 rings (SSSR count). The number of alkyl carbamates (subject to hydrolysis) is 1. The molecule has 0 aromatic rings. The number of carbonyl (C=O) groups excluding carboxylic acids is 1. The first-order valence-corrected chi connectivity index (χ1v) is 9.35. The standard InChI is InChI=1S/C19H37NO3/c1-14(2)11-12-16(21)13-17(15-9-7-6-8-10-15)20-18(22)23-19(3,4)5/h14-17,21H,6-13H2,1-5H3,(H,20,22)/t16-,17-/m0/s1. The Bertz CT molecular complexity index is 343. The largest absolute Gasteiger partial charge is 0.444 e. The second-order valence-corrected chi connectivity index (χ2v) is 8.51. The molecule has 1 amide bonds. The van der Waals surface area contributed by atoms with Crippen LogP contribution >= 0.6 is 0 Å². The van der Waals surface area contributed by atoms with Crippen molar-refractivity contribution in [1.29, 1.82) is 0 Å². The van der Waals surface area contributed by atoms with E-state index in [9.17, 15) is 9.90 Å². The van der Waals surface area contributed by atoms with Gasteiger partial charge in [-0.3, -0.25) is 0 Å². The van der Waals surface area contributed by atoms with E-state index in [1.54, 1.807) is 0 Å². The second kappa shape index (κ2) is 9.51. The molecule has 1 aliphatic rings. The van der Waals surface area contributed by atoms with Crippen molar-refractivity contribution in [1.82, 2.24) is 5.32 Å². The van der Waals surface area contributed by atoms with Crippen molar-refractivity contribution in [2.45, 2.75) is 104 Å². The van der Waals surface area contributed by atoms with Crippen molar-refractivity contribution in [2.24, 2.45) is 11.8 Å². The molecule has 0 unspecified atom stereocenters. The van der Waals surface area contributed by atoms with Gasteiger partial charge in [-0.15, -0.1) is 0 Å². The van der Waals surface area contributed by atoms with Gasteiger partial charge in [-0.1, -0.05) is 33.1 Å². The number of aliphatic hydroxyl groups is 1. The molecule has 2 N–H and O–H groups in total. The van der Waals surface area contributed by atoms with Crippen molar-refractivity contribution in [3.63, 3.8) is 0 Å². The molecule has 0 saturated heterocycles. The summed E-state index contributed by atoms with van der Waals surface area (Å²) in [6, 6.07) is 0.0207. The molecule has 1 saturated carbocycles. The van der Waals surface area contributed by atoms with Crippen molar-refractivity contribution in [3.05, 3.63) is 0 Å². The van der Waals surface area contributed by atoms with E-state index in [-0.39, 0.29) is 18.2 Å². The highest BCUT2D eigenvalue weighted by molar-refractivity contribution is 5.68. The maximum absolute atomic E-state index is 12.1. The van der Waals surface area contributed by atoms with E-state index in [1.807, 2.05) is 20.8 Å². The fourth-order valence-corrected chi connectivity index (χ4v) is 3.30. The van der Waals surface area contributed by atoms with Gasteiger partial charge in [0.05, 0.1) is 6.10 Å². The molecule has 0 bridgehead atoms. The number of carbonyl (C=O) groups is 1. The topological polar surface area (TPSA) is 58.6 Å². The van der Waals surface area contributed by atoms with E-state index in [0.29, 0.717) is 18.3 Å². The molecule has 0 aromatic carbocycles. The van der Waals surface area contributed by atoms with Crippen LogP contribution in [0, 0.1) is 11.8 Å². The zero-order valence-corrected chi connectivity index (χ0v) is 15.7. The van der Waals surface area contributed by atoms with Crippen LogP contribution in [0.2, 0.25) is 0 Å². The summed E-state index contributed by atoms with van der Waals surface area (Å²) in [4.78, 5) is 12.1. The predicted octanol–water partition coefficient (Wildman–Crippen LogP) is 4.65. The molecule has 0 spiro atoms. The van der Waals surface area contributed by atoms with Gasteiger partial charge in [0.25, 0.3) is 0 Å². The van der Waals surface area contributed by atoms with E-state index < -0.39 is 5.60 Å². The Hall–Kier alpha value is -0.770. The Morgan fingerprint density at radius 1 is 1.17 bits per heavy atom. The lowest BCUT2D eigenvalue weighted by atomic mass is 9.81. The van der Waals surface area contributed by atoms with E-state index >= 15 is 0 Å². The monoisotopic (exact) mass is 327 g/mol. The number of amides is 1. The van der Waals surface area contributed by atoms with Gasteiger partial charge in [0.1, 0.15) is 5.60 Å². The molecule has 0 aromatic heterocycles. The molecule has 0 aliphatic heterocycles. The Morgan fingerprint density at radius 2 is 1.78 bits per heavy atom. The smallest absolute Gasteiger partial charge is 0.407 e. The summed E-state index contributed by atoms with van der Waals surface area (Å²) in [5.41, 5.74) is -0.489. The third kappa shape index (κ3) is 9.19. The van der Waals surface area contributed by atoms with Gasteiger partial charge < -0.3 is 15.2 Å². The predicted molar refractivity (Wildman–Crippen MR) is 94.4 cm³/mol. The molecular weight excluding hydrogens is 290 g/mol. The van der Waals surface area contributed by atoms with Gasteiger partial charge in [-0.05, 0) is 64.7 Å². The molecule has 1 aliphatic carbocycles. The summed E-state index contributed by atoms with van der Waals surface area (Å²) in [6.07, 6.45) is 7.75. The van der Waals surface area contributed by atoms with Crippen LogP contribution in [-0.2, 0) is 4.74 Å². The summed E-state index contributed by atoms with van der Waals surface area (Å²) in [6.45, 7) is 9.97. The molecule has 136 valence electrons. The van der Waals surface area contributed by atoms with Crippen LogP contribution in [0.5, 0.6) is 0 Å². The normalized spacial score (nSPS) is 19.4. The lowest BCUT2D eigenvalue weighted by molar-refractivity contribution is 0.0434. The van der Waals surface area contributed by atoms with E-state index in [1.165, 1.54) is 19.3 Å². The molecule has 4 nitrogen and oxygen atoms in total. The van der Waals surface area contributed by atoms with Gasteiger partial charge >= 0.3 is 6.09 Å². The molecule has 0 heterocycles. The minimum atomic E-state index is -0.489. The Balaban J connectivity index is 2.59. The molecule has 23 heavy (non-hydrogen) atoms. The van der Waals surface area contributed by atoms with Gasteiger partial charge in [0, 0.05) is 6.04 Å².